The molecule has 0 saturated carbocycles. The molecular weight excluding hydrogens is 601 g/mol. The number of hydrogen-bond donors (Lipinski definition) is 0. The van der Waals surface area contributed by atoms with Crippen LogP contribution in [0, 0.1) is 0 Å². The highest BCUT2D eigenvalue weighted by atomic mass is 33.1. The number of benzene rings is 2. The first-order chi connectivity index (χ1) is 22.6. The van der Waals surface area contributed by atoms with Gasteiger partial charge in [0.15, 0.2) is 37.9 Å². The van der Waals surface area contributed by atoms with E-state index in [1.807, 2.05) is 21.6 Å². The fourth-order valence-electron chi connectivity index (χ4n) is 6.32. The Balaban J connectivity index is 0.890. The molecule has 238 valence electrons. The first kappa shape index (κ1) is 32.5. The van der Waals surface area contributed by atoms with Crippen LogP contribution < -0.4 is 18.9 Å². The molecule has 2 aromatic carbocycles. The minimum absolute atomic E-state index is 1.02. The number of aromatic nitrogens is 2. The second-order valence-electron chi connectivity index (χ2n) is 12.5. The van der Waals surface area contributed by atoms with Crippen LogP contribution in [0.2, 0.25) is 0 Å². The molecule has 0 aliphatic carbocycles. The van der Waals surface area contributed by atoms with Crippen molar-refractivity contribution in [2.24, 2.45) is 0 Å². The van der Waals surface area contributed by atoms with Crippen molar-refractivity contribution < 1.29 is 9.13 Å². The summed E-state index contributed by atoms with van der Waals surface area (Å²) in [5, 5.41) is 0. The van der Waals surface area contributed by atoms with E-state index in [9.17, 15) is 0 Å². The van der Waals surface area contributed by atoms with Gasteiger partial charge in [-0.15, -0.1) is 0 Å². The third-order valence-corrected chi connectivity index (χ3v) is 11.5. The molecular formula is C40H48N4S2+2. The summed E-state index contributed by atoms with van der Waals surface area (Å²) >= 11 is 0. The van der Waals surface area contributed by atoms with Gasteiger partial charge in [0.25, 0.3) is 0 Å². The van der Waals surface area contributed by atoms with Crippen LogP contribution in [0.3, 0.4) is 0 Å². The molecule has 2 aliphatic rings. The van der Waals surface area contributed by atoms with E-state index < -0.39 is 0 Å². The third kappa shape index (κ3) is 9.07. The normalized spacial score (nSPS) is 15.6. The zero-order valence-electron chi connectivity index (χ0n) is 27.5. The Morgan fingerprint density at radius 3 is 1.24 bits per heavy atom. The monoisotopic (exact) mass is 648 g/mol. The first-order valence-electron chi connectivity index (χ1n) is 16.9. The smallest absolute Gasteiger partial charge is 0.169 e. The minimum atomic E-state index is 1.02. The first-order valence-corrected chi connectivity index (χ1v) is 19.4. The van der Waals surface area contributed by atoms with Crippen molar-refractivity contribution in [3.8, 4) is 0 Å². The molecule has 4 aromatic rings. The number of anilines is 2. The Labute approximate surface area is 284 Å². The van der Waals surface area contributed by atoms with Crippen molar-refractivity contribution in [1.82, 2.24) is 0 Å². The van der Waals surface area contributed by atoms with Gasteiger partial charge < -0.3 is 9.80 Å². The molecule has 2 aliphatic heterocycles. The van der Waals surface area contributed by atoms with Gasteiger partial charge in [0.05, 0.1) is 11.5 Å². The number of pyridine rings is 2. The van der Waals surface area contributed by atoms with Gasteiger partial charge in [-0.1, -0.05) is 58.0 Å². The van der Waals surface area contributed by atoms with E-state index in [1.54, 1.807) is 0 Å². The van der Waals surface area contributed by atoms with Gasteiger partial charge in [-0.05, 0) is 97.2 Å². The maximum atomic E-state index is 2.49. The van der Waals surface area contributed by atoms with Gasteiger partial charge in [-0.25, -0.2) is 9.13 Å². The largest absolute Gasteiger partial charge is 0.372 e. The zero-order chi connectivity index (χ0) is 31.6. The molecule has 46 heavy (non-hydrogen) atoms. The number of nitrogens with zero attached hydrogens (tertiary/aromatic N) is 4. The van der Waals surface area contributed by atoms with E-state index in [4.69, 9.17) is 0 Å². The molecule has 0 atom stereocenters. The van der Waals surface area contributed by atoms with Gasteiger partial charge in [-0.2, -0.15) is 0 Å². The van der Waals surface area contributed by atoms with Crippen molar-refractivity contribution in [2.45, 2.75) is 52.6 Å². The maximum Gasteiger partial charge on any atom is 0.169 e. The Morgan fingerprint density at radius 1 is 0.543 bits per heavy atom. The molecule has 0 radical (unpaired) electrons. The molecule has 2 saturated heterocycles. The van der Waals surface area contributed by atoms with Gasteiger partial charge >= 0.3 is 0 Å². The molecule has 0 bridgehead atoms. The van der Waals surface area contributed by atoms with Crippen LogP contribution in [0.4, 0.5) is 11.4 Å². The molecule has 4 nitrogen and oxygen atoms in total. The number of allylic oxidation sites excluding steroid dienone is 2. The molecule has 6 rings (SSSR count). The van der Waals surface area contributed by atoms with E-state index in [0.717, 1.165) is 24.6 Å². The van der Waals surface area contributed by atoms with Crippen LogP contribution >= 0.6 is 21.6 Å². The van der Waals surface area contributed by atoms with Crippen molar-refractivity contribution in [1.29, 1.82) is 0 Å². The molecule has 0 spiro atoms. The Morgan fingerprint density at radius 2 is 0.891 bits per heavy atom. The zero-order valence-corrected chi connectivity index (χ0v) is 29.1. The summed E-state index contributed by atoms with van der Waals surface area (Å²) in [7, 11) is 3.93. The standard InChI is InChI=1S/C40H48N4S2/c1-33(31-35-7-11-39(12-8-35)43-19-3-4-20-43)37-15-23-41(24-16-37)27-29-45-46-30-28-42-25-17-38(18-26-42)34(2)32-36-9-13-40(14-10-36)44-21-5-6-22-44/h7-18,23-26,31-32H,3-6,19-22,27-30H2,1-2H3/q+2. The lowest BCUT2D eigenvalue weighted by Crippen LogP contribution is -2.34. The van der Waals surface area contributed by atoms with Crippen LogP contribution in [-0.2, 0) is 13.1 Å². The predicted molar refractivity (Wildman–Crippen MR) is 201 cm³/mol. The highest BCUT2D eigenvalue weighted by Gasteiger charge is 2.13. The van der Waals surface area contributed by atoms with E-state index in [1.165, 1.54) is 96.6 Å². The summed E-state index contributed by atoms with van der Waals surface area (Å²) in [6.45, 7) is 11.2. The third-order valence-electron chi connectivity index (χ3n) is 9.14. The second kappa shape index (κ2) is 16.4. The number of rotatable bonds is 13. The summed E-state index contributed by atoms with van der Waals surface area (Å²) in [6.07, 6.45) is 18.7. The lowest BCUT2D eigenvalue weighted by Gasteiger charge is -2.17. The molecule has 4 heterocycles. The summed E-state index contributed by atoms with van der Waals surface area (Å²) in [5.74, 6) is 2.19. The Bertz CT molecular complexity index is 1460. The minimum Gasteiger partial charge on any atom is -0.372 e. The van der Waals surface area contributed by atoms with Crippen LogP contribution in [0.5, 0.6) is 0 Å². The van der Waals surface area contributed by atoms with Crippen molar-refractivity contribution in [3.63, 3.8) is 0 Å². The summed E-state index contributed by atoms with van der Waals surface area (Å²) < 4.78 is 4.58. The average molecular weight is 649 g/mol. The molecule has 0 amide bonds. The fourth-order valence-corrected chi connectivity index (χ4v) is 8.28. The van der Waals surface area contributed by atoms with Gasteiger partial charge in [-0.3, -0.25) is 0 Å². The molecule has 2 aromatic heterocycles. The van der Waals surface area contributed by atoms with E-state index in [0.29, 0.717) is 0 Å². The summed E-state index contributed by atoms with van der Waals surface area (Å²) in [5.41, 5.74) is 10.4. The number of hydrogen-bond acceptors (Lipinski definition) is 4. The number of aryl methyl sites for hydroxylation is 2. The molecule has 0 N–H and O–H groups in total. The van der Waals surface area contributed by atoms with Crippen LogP contribution in [0.1, 0.15) is 61.8 Å². The van der Waals surface area contributed by atoms with Crippen LogP contribution in [-0.4, -0.2) is 37.7 Å². The van der Waals surface area contributed by atoms with E-state index in [-0.39, 0.29) is 0 Å². The molecule has 2 fully saturated rings. The van der Waals surface area contributed by atoms with Gasteiger partial charge in [0, 0.05) is 61.8 Å². The lowest BCUT2D eigenvalue weighted by molar-refractivity contribution is -0.692. The lowest BCUT2D eigenvalue weighted by atomic mass is 10.1. The van der Waals surface area contributed by atoms with Crippen molar-refractivity contribution in [2.75, 3.05) is 47.5 Å². The average Bonchev–Trinajstić information content (AvgIpc) is 3.84. The second-order valence-corrected chi connectivity index (χ2v) is 15.2. The van der Waals surface area contributed by atoms with E-state index in [2.05, 4.69) is 143 Å². The molecule has 6 heteroatoms. The predicted octanol–water partition coefficient (Wildman–Crippen LogP) is 8.66. The topological polar surface area (TPSA) is 14.2 Å². The fraction of sp³-hybridized carbons (Fsp3) is 0.350. The molecule has 0 unspecified atom stereocenters. The summed E-state index contributed by atoms with van der Waals surface area (Å²) in [6, 6.07) is 27.0. The highest BCUT2D eigenvalue weighted by Crippen LogP contribution is 2.25. The van der Waals surface area contributed by atoms with Crippen molar-refractivity contribution in [3.05, 3.63) is 120 Å². The Kier molecular flexibility index (Phi) is 11.6. The quantitative estimate of drug-likeness (QED) is 0.0818. The summed E-state index contributed by atoms with van der Waals surface area (Å²) in [4.78, 5) is 4.97. The van der Waals surface area contributed by atoms with Crippen molar-refractivity contribution >= 4 is 56.3 Å². The Hall–Kier alpha value is -3.48. The SMILES string of the molecule is C/C(=C\c1ccc(N2CCCC2)cc1)c1cc[n+](CCSSCC[n+]2ccc(/C(C)=C/c3ccc(N4CCCC4)cc3)cc2)cc1. The maximum absolute atomic E-state index is 2.49. The van der Waals surface area contributed by atoms with Crippen LogP contribution in [0.15, 0.2) is 97.6 Å². The van der Waals surface area contributed by atoms with Gasteiger partial charge in [0.2, 0.25) is 0 Å². The van der Waals surface area contributed by atoms with Gasteiger partial charge in [0.1, 0.15) is 0 Å². The van der Waals surface area contributed by atoms with Crippen LogP contribution in [0.25, 0.3) is 23.3 Å². The highest BCUT2D eigenvalue weighted by molar-refractivity contribution is 8.76. The van der Waals surface area contributed by atoms with E-state index >= 15 is 0 Å².